The Hall–Kier alpha value is -1.25. The average molecular weight is 164 g/mol. The molecule has 1 aromatic heterocycles. The summed E-state index contributed by atoms with van der Waals surface area (Å²) in [5.41, 5.74) is 7.06. The Morgan fingerprint density at radius 2 is 2.33 bits per heavy atom. The number of amides is 1. The minimum absolute atomic E-state index is 0.322. The van der Waals surface area contributed by atoms with Crippen LogP contribution in [0.15, 0.2) is 12.3 Å². The van der Waals surface area contributed by atoms with Gasteiger partial charge in [-0.05, 0) is 25.3 Å². The van der Waals surface area contributed by atoms with E-state index in [-0.39, 0.29) is 5.91 Å². The number of hydrogen-bond donors (Lipinski definition) is 1. The first-order chi connectivity index (χ1) is 5.77. The van der Waals surface area contributed by atoms with E-state index in [2.05, 4.69) is 4.57 Å². The van der Waals surface area contributed by atoms with Crippen LogP contribution in [0.4, 0.5) is 0 Å². The van der Waals surface area contributed by atoms with Crippen molar-refractivity contribution in [3.8, 4) is 0 Å². The molecular formula is C9H12N2O. The van der Waals surface area contributed by atoms with Crippen molar-refractivity contribution < 1.29 is 4.79 Å². The van der Waals surface area contributed by atoms with Gasteiger partial charge in [-0.3, -0.25) is 4.79 Å². The summed E-state index contributed by atoms with van der Waals surface area (Å²) in [4.78, 5) is 10.8. The fourth-order valence-electron chi connectivity index (χ4n) is 1.70. The second kappa shape index (κ2) is 2.66. The molecule has 0 aromatic carbocycles. The molecule has 2 rings (SSSR count). The first-order valence-electron chi connectivity index (χ1n) is 4.26. The molecular weight excluding hydrogens is 152 g/mol. The topological polar surface area (TPSA) is 48.0 Å². The Kier molecular flexibility index (Phi) is 1.64. The molecule has 0 saturated heterocycles. The molecule has 0 bridgehead atoms. The Balaban J connectivity index is 2.38. The molecule has 0 saturated carbocycles. The zero-order valence-corrected chi connectivity index (χ0v) is 6.92. The number of nitrogens with two attached hydrogens (primary N) is 1. The number of primary amides is 1. The second-order valence-corrected chi connectivity index (χ2v) is 3.23. The minimum Gasteiger partial charge on any atom is -0.366 e. The largest absolute Gasteiger partial charge is 0.366 e. The van der Waals surface area contributed by atoms with Crippen molar-refractivity contribution in [2.24, 2.45) is 5.73 Å². The SMILES string of the molecule is NC(=O)c1cc2n(c1)CCCC2. The van der Waals surface area contributed by atoms with Gasteiger partial charge in [-0.15, -0.1) is 0 Å². The molecule has 2 N–H and O–H groups in total. The van der Waals surface area contributed by atoms with Crippen molar-refractivity contribution in [3.05, 3.63) is 23.5 Å². The number of hydrogen-bond acceptors (Lipinski definition) is 1. The monoisotopic (exact) mass is 164 g/mol. The van der Waals surface area contributed by atoms with Gasteiger partial charge in [-0.2, -0.15) is 0 Å². The highest BCUT2D eigenvalue weighted by molar-refractivity contribution is 5.92. The van der Waals surface area contributed by atoms with E-state index in [0.29, 0.717) is 5.56 Å². The van der Waals surface area contributed by atoms with Crippen LogP contribution in [-0.4, -0.2) is 10.5 Å². The van der Waals surface area contributed by atoms with Crippen molar-refractivity contribution in [3.63, 3.8) is 0 Å². The molecule has 2 heterocycles. The molecule has 0 aliphatic carbocycles. The number of aryl methyl sites for hydroxylation is 2. The quantitative estimate of drug-likeness (QED) is 0.659. The summed E-state index contributed by atoms with van der Waals surface area (Å²) in [6.45, 7) is 1.03. The van der Waals surface area contributed by atoms with Crippen LogP contribution < -0.4 is 5.73 Å². The lowest BCUT2D eigenvalue weighted by molar-refractivity contribution is 0.100. The van der Waals surface area contributed by atoms with E-state index in [1.807, 2.05) is 12.3 Å². The Morgan fingerprint density at radius 1 is 1.50 bits per heavy atom. The average Bonchev–Trinajstić information content (AvgIpc) is 2.46. The molecule has 3 heteroatoms. The molecule has 64 valence electrons. The van der Waals surface area contributed by atoms with Gasteiger partial charge in [0.1, 0.15) is 0 Å². The van der Waals surface area contributed by atoms with E-state index >= 15 is 0 Å². The molecule has 0 atom stereocenters. The first kappa shape index (κ1) is 7.40. The molecule has 0 radical (unpaired) electrons. The summed E-state index contributed by atoms with van der Waals surface area (Å²) in [5.74, 6) is -0.322. The molecule has 1 amide bonds. The van der Waals surface area contributed by atoms with Crippen LogP contribution in [0.25, 0.3) is 0 Å². The standard InChI is InChI=1S/C9H12N2O/c10-9(12)7-5-8-3-1-2-4-11(8)6-7/h5-6H,1-4H2,(H2,10,12). The lowest BCUT2D eigenvalue weighted by Crippen LogP contribution is -2.10. The van der Waals surface area contributed by atoms with Crippen LogP contribution in [0.2, 0.25) is 0 Å². The van der Waals surface area contributed by atoms with Crippen LogP contribution in [0, 0.1) is 0 Å². The summed E-state index contributed by atoms with van der Waals surface area (Å²) in [5, 5.41) is 0. The molecule has 1 aromatic rings. The van der Waals surface area contributed by atoms with Crippen molar-refractivity contribution in [2.75, 3.05) is 0 Å². The van der Waals surface area contributed by atoms with Gasteiger partial charge in [-0.1, -0.05) is 0 Å². The normalized spacial score (nSPS) is 15.7. The number of carbonyl (C=O) groups is 1. The van der Waals surface area contributed by atoms with Gasteiger partial charge in [0.2, 0.25) is 5.91 Å². The molecule has 0 fully saturated rings. The van der Waals surface area contributed by atoms with Gasteiger partial charge in [0.15, 0.2) is 0 Å². The molecule has 12 heavy (non-hydrogen) atoms. The zero-order valence-electron chi connectivity index (χ0n) is 6.92. The van der Waals surface area contributed by atoms with Gasteiger partial charge in [0.25, 0.3) is 0 Å². The van der Waals surface area contributed by atoms with E-state index in [1.165, 1.54) is 18.5 Å². The van der Waals surface area contributed by atoms with Crippen LogP contribution in [-0.2, 0) is 13.0 Å². The predicted molar refractivity (Wildman–Crippen MR) is 45.9 cm³/mol. The lowest BCUT2D eigenvalue weighted by atomic mass is 10.1. The number of carbonyl (C=O) groups excluding carboxylic acids is 1. The van der Waals surface area contributed by atoms with Crippen LogP contribution in [0.5, 0.6) is 0 Å². The van der Waals surface area contributed by atoms with Crippen molar-refractivity contribution in [1.82, 2.24) is 4.57 Å². The van der Waals surface area contributed by atoms with Gasteiger partial charge in [0, 0.05) is 18.4 Å². The maximum absolute atomic E-state index is 10.8. The Morgan fingerprint density at radius 3 is 3.00 bits per heavy atom. The maximum Gasteiger partial charge on any atom is 0.250 e. The Bertz CT molecular complexity index is 291. The van der Waals surface area contributed by atoms with Gasteiger partial charge < -0.3 is 10.3 Å². The number of nitrogens with zero attached hydrogens (tertiary/aromatic N) is 1. The molecule has 3 nitrogen and oxygen atoms in total. The van der Waals surface area contributed by atoms with E-state index < -0.39 is 0 Å². The zero-order chi connectivity index (χ0) is 8.55. The van der Waals surface area contributed by atoms with E-state index in [0.717, 1.165) is 13.0 Å². The van der Waals surface area contributed by atoms with Crippen molar-refractivity contribution in [1.29, 1.82) is 0 Å². The lowest BCUT2D eigenvalue weighted by Gasteiger charge is -2.13. The van der Waals surface area contributed by atoms with Gasteiger partial charge in [0.05, 0.1) is 5.56 Å². The molecule has 1 aliphatic heterocycles. The third-order valence-electron chi connectivity index (χ3n) is 2.35. The summed E-state index contributed by atoms with van der Waals surface area (Å²) in [6.07, 6.45) is 5.37. The van der Waals surface area contributed by atoms with Crippen molar-refractivity contribution in [2.45, 2.75) is 25.8 Å². The highest BCUT2D eigenvalue weighted by Crippen LogP contribution is 2.17. The minimum atomic E-state index is -0.322. The molecule has 0 unspecified atom stereocenters. The van der Waals surface area contributed by atoms with E-state index in [4.69, 9.17) is 5.73 Å². The number of aromatic nitrogens is 1. The van der Waals surface area contributed by atoms with Crippen LogP contribution in [0.1, 0.15) is 28.9 Å². The van der Waals surface area contributed by atoms with E-state index in [9.17, 15) is 4.79 Å². The van der Waals surface area contributed by atoms with Crippen LogP contribution in [0.3, 0.4) is 0 Å². The third-order valence-corrected chi connectivity index (χ3v) is 2.35. The fraction of sp³-hybridized carbons (Fsp3) is 0.444. The highest BCUT2D eigenvalue weighted by Gasteiger charge is 2.12. The smallest absolute Gasteiger partial charge is 0.250 e. The molecule has 0 spiro atoms. The maximum atomic E-state index is 10.8. The summed E-state index contributed by atoms with van der Waals surface area (Å²) in [6, 6.07) is 1.90. The third kappa shape index (κ3) is 1.11. The van der Waals surface area contributed by atoms with Gasteiger partial charge in [-0.25, -0.2) is 0 Å². The summed E-state index contributed by atoms with van der Waals surface area (Å²) >= 11 is 0. The predicted octanol–water partition coefficient (Wildman–Crippen LogP) is 0.923. The van der Waals surface area contributed by atoms with Crippen LogP contribution >= 0.6 is 0 Å². The number of fused-ring (bicyclic) bond motifs is 1. The second-order valence-electron chi connectivity index (χ2n) is 3.23. The van der Waals surface area contributed by atoms with E-state index in [1.54, 1.807) is 0 Å². The van der Waals surface area contributed by atoms with Gasteiger partial charge >= 0.3 is 0 Å². The summed E-state index contributed by atoms with van der Waals surface area (Å²) in [7, 11) is 0. The first-order valence-corrected chi connectivity index (χ1v) is 4.26. The summed E-state index contributed by atoms with van der Waals surface area (Å²) < 4.78 is 2.13. The molecule has 1 aliphatic rings. The Labute approximate surface area is 71.2 Å². The highest BCUT2D eigenvalue weighted by atomic mass is 16.1. The van der Waals surface area contributed by atoms with Crippen molar-refractivity contribution >= 4 is 5.91 Å². The number of rotatable bonds is 1. The fourth-order valence-corrected chi connectivity index (χ4v) is 1.70.